The standard InChI is InChI=1S/C19H30N2O3/c1-19(2,3)17(20)18(22)21-12-13-8-7-11-15(23-4)16(13)24-14-9-5-6-10-14/h7-8,11,14,17H,5-6,9-10,12,20H2,1-4H3,(H,21,22)/t17-/m1/s1. The molecule has 1 aliphatic carbocycles. The summed E-state index contributed by atoms with van der Waals surface area (Å²) in [5.41, 5.74) is 6.65. The largest absolute Gasteiger partial charge is 0.493 e. The van der Waals surface area contributed by atoms with Crippen molar-refractivity contribution in [2.45, 2.75) is 65.1 Å². The van der Waals surface area contributed by atoms with Crippen molar-refractivity contribution >= 4 is 5.91 Å². The lowest BCUT2D eigenvalue weighted by atomic mass is 9.87. The third-order valence-electron chi connectivity index (χ3n) is 4.54. The fourth-order valence-electron chi connectivity index (χ4n) is 2.85. The van der Waals surface area contributed by atoms with Crippen LogP contribution in [-0.4, -0.2) is 25.2 Å². The third kappa shape index (κ3) is 4.63. The lowest BCUT2D eigenvalue weighted by Gasteiger charge is -2.26. The fraction of sp³-hybridized carbons (Fsp3) is 0.632. The number of carbonyl (C=O) groups is 1. The normalized spacial score (nSPS) is 16.7. The molecule has 1 aromatic carbocycles. The summed E-state index contributed by atoms with van der Waals surface area (Å²) in [6.45, 7) is 6.24. The molecule has 0 radical (unpaired) electrons. The monoisotopic (exact) mass is 334 g/mol. The van der Waals surface area contributed by atoms with E-state index in [0.29, 0.717) is 12.3 Å². The minimum absolute atomic E-state index is 0.155. The Morgan fingerprint density at radius 3 is 2.58 bits per heavy atom. The van der Waals surface area contributed by atoms with Gasteiger partial charge in [0.1, 0.15) is 0 Å². The molecule has 0 aliphatic heterocycles. The van der Waals surface area contributed by atoms with E-state index in [-0.39, 0.29) is 17.4 Å². The van der Waals surface area contributed by atoms with Crippen LogP contribution in [0.1, 0.15) is 52.0 Å². The zero-order chi connectivity index (χ0) is 17.7. The van der Waals surface area contributed by atoms with Gasteiger partial charge in [0.15, 0.2) is 11.5 Å². The Kier molecular flexibility index (Phi) is 6.10. The Balaban J connectivity index is 2.10. The van der Waals surface area contributed by atoms with Crippen LogP contribution in [0.3, 0.4) is 0 Å². The van der Waals surface area contributed by atoms with E-state index in [4.69, 9.17) is 15.2 Å². The number of ether oxygens (including phenoxy) is 2. The molecular formula is C19H30N2O3. The number of hydrogen-bond acceptors (Lipinski definition) is 4. The van der Waals surface area contributed by atoms with E-state index in [1.165, 1.54) is 12.8 Å². The molecule has 1 amide bonds. The van der Waals surface area contributed by atoms with Gasteiger partial charge >= 0.3 is 0 Å². The van der Waals surface area contributed by atoms with Crippen LogP contribution in [-0.2, 0) is 11.3 Å². The highest BCUT2D eigenvalue weighted by molar-refractivity contribution is 5.82. The van der Waals surface area contributed by atoms with Crippen LogP contribution in [0.15, 0.2) is 18.2 Å². The molecule has 2 rings (SSSR count). The summed E-state index contributed by atoms with van der Waals surface area (Å²) in [7, 11) is 1.63. The average molecular weight is 334 g/mol. The number of carbonyl (C=O) groups excluding carboxylic acids is 1. The molecule has 0 spiro atoms. The number of benzene rings is 1. The number of nitrogens with two attached hydrogens (primary N) is 1. The number of rotatable bonds is 6. The maximum absolute atomic E-state index is 12.3. The molecule has 24 heavy (non-hydrogen) atoms. The van der Waals surface area contributed by atoms with Gasteiger partial charge in [0, 0.05) is 12.1 Å². The predicted molar refractivity (Wildman–Crippen MR) is 95.2 cm³/mol. The Labute approximate surface area is 144 Å². The zero-order valence-electron chi connectivity index (χ0n) is 15.2. The zero-order valence-corrected chi connectivity index (χ0v) is 15.2. The summed E-state index contributed by atoms with van der Waals surface area (Å²) in [5.74, 6) is 1.28. The number of methoxy groups -OCH3 is 1. The highest BCUT2D eigenvalue weighted by Gasteiger charge is 2.27. The highest BCUT2D eigenvalue weighted by atomic mass is 16.5. The van der Waals surface area contributed by atoms with Gasteiger partial charge in [0.05, 0.1) is 19.3 Å². The number of hydrogen-bond donors (Lipinski definition) is 2. The maximum Gasteiger partial charge on any atom is 0.237 e. The average Bonchev–Trinajstić information content (AvgIpc) is 3.04. The lowest BCUT2D eigenvalue weighted by Crippen LogP contribution is -2.48. The van der Waals surface area contributed by atoms with Crippen molar-refractivity contribution in [1.29, 1.82) is 0 Å². The molecule has 3 N–H and O–H groups in total. The molecule has 0 bridgehead atoms. The summed E-state index contributed by atoms with van der Waals surface area (Å²) in [6, 6.07) is 5.19. The van der Waals surface area contributed by atoms with Crippen molar-refractivity contribution in [3.8, 4) is 11.5 Å². The molecule has 0 aromatic heterocycles. The van der Waals surface area contributed by atoms with Gasteiger partial charge < -0.3 is 20.5 Å². The number of para-hydroxylation sites is 1. The molecule has 1 atom stereocenters. The molecule has 134 valence electrons. The van der Waals surface area contributed by atoms with Gasteiger partial charge in [0.2, 0.25) is 5.91 Å². The second-order valence-electron chi connectivity index (χ2n) is 7.53. The van der Waals surface area contributed by atoms with Crippen LogP contribution < -0.4 is 20.5 Å². The SMILES string of the molecule is COc1cccc(CNC(=O)[C@@H](N)C(C)(C)C)c1OC1CCCC1. The minimum Gasteiger partial charge on any atom is -0.493 e. The van der Waals surface area contributed by atoms with E-state index < -0.39 is 6.04 Å². The van der Waals surface area contributed by atoms with Crippen molar-refractivity contribution in [3.05, 3.63) is 23.8 Å². The van der Waals surface area contributed by atoms with E-state index in [1.54, 1.807) is 7.11 Å². The second kappa shape index (κ2) is 7.88. The summed E-state index contributed by atoms with van der Waals surface area (Å²) < 4.78 is 11.6. The van der Waals surface area contributed by atoms with Crippen LogP contribution in [0.5, 0.6) is 11.5 Å². The quantitative estimate of drug-likeness (QED) is 0.839. The van der Waals surface area contributed by atoms with Crippen molar-refractivity contribution in [1.82, 2.24) is 5.32 Å². The minimum atomic E-state index is -0.553. The summed E-state index contributed by atoms with van der Waals surface area (Å²) >= 11 is 0. The van der Waals surface area contributed by atoms with E-state index in [1.807, 2.05) is 39.0 Å². The third-order valence-corrected chi connectivity index (χ3v) is 4.54. The first-order chi connectivity index (χ1) is 11.3. The van der Waals surface area contributed by atoms with E-state index in [2.05, 4.69) is 5.32 Å². The summed E-state index contributed by atoms with van der Waals surface area (Å²) in [6.07, 6.45) is 4.77. The van der Waals surface area contributed by atoms with E-state index in [0.717, 1.165) is 24.2 Å². The molecule has 0 saturated heterocycles. The topological polar surface area (TPSA) is 73.6 Å². The number of amides is 1. The van der Waals surface area contributed by atoms with E-state index >= 15 is 0 Å². The van der Waals surface area contributed by atoms with Crippen LogP contribution >= 0.6 is 0 Å². The maximum atomic E-state index is 12.3. The smallest absolute Gasteiger partial charge is 0.237 e. The van der Waals surface area contributed by atoms with Gasteiger partial charge in [-0.1, -0.05) is 32.9 Å². The second-order valence-corrected chi connectivity index (χ2v) is 7.53. The first kappa shape index (κ1) is 18.6. The predicted octanol–water partition coefficient (Wildman–Crippen LogP) is 3.01. The Morgan fingerprint density at radius 1 is 1.33 bits per heavy atom. The van der Waals surface area contributed by atoms with Gasteiger partial charge in [0.25, 0.3) is 0 Å². The molecule has 0 heterocycles. The highest BCUT2D eigenvalue weighted by Crippen LogP contribution is 2.34. The first-order valence-electron chi connectivity index (χ1n) is 8.68. The molecule has 5 nitrogen and oxygen atoms in total. The van der Waals surface area contributed by atoms with Gasteiger partial charge in [-0.25, -0.2) is 0 Å². The molecule has 0 unspecified atom stereocenters. The van der Waals surface area contributed by atoms with Crippen molar-refractivity contribution < 1.29 is 14.3 Å². The van der Waals surface area contributed by atoms with Crippen LogP contribution in [0.2, 0.25) is 0 Å². The van der Waals surface area contributed by atoms with E-state index in [9.17, 15) is 4.79 Å². The first-order valence-corrected chi connectivity index (χ1v) is 8.68. The van der Waals surface area contributed by atoms with Crippen LogP contribution in [0, 0.1) is 5.41 Å². The van der Waals surface area contributed by atoms with Crippen LogP contribution in [0.25, 0.3) is 0 Å². The molecule has 5 heteroatoms. The Morgan fingerprint density at radius 2 is 2.00 bits per heavy atom. The summed E-state index contributed by atoms with van der Waals surface area (Å²) in [5, 5.41) is 2.92. The summed E-state index contributed by atoms with van der Waals surface area (Å²) in [4.78, 5) is 12.3. The van der Waals surface area contributed by atoms with Gasteiger partial charge in [-0.2, -0.15) is 0 Å². The van der Waals surface area contributed by atoms with Gasteiger partial charge in [-0.15, -0.1) is 0 Å². The van der Waals surface area contributed by atoms with Crippen molar-refractivity contribution in [3.63, 3.8) is 0 Å². The fourth-order valence-corrected chi connectivity index (χ4v) is 2.85. The molecule has 1 saturated carbocycles. The van der Waals surface area contributed by atoms with Gasteiger partial charge in [-0.3, -0.25) is 4.79 Å². The Bertz CT molecular complexity index is 560. The molecule has 1 aromatic rings. The molecule has 1 fully saturated rings. The lowest BCUT2D eigenvalue weighted by molar-refractivity contribution is -0.124. The molecule has 1 aliphatic rings. The molecular weight excluding hydrogens is 304 g/mol. The Hall–Kier alpha value is -1.75. The van der Waals surface area contributed by atoms with Crippen LogP contribution in [0.4, 0.5) is 0 Å². The van der Waals surface area contributed by atoms with Crippen molar-refractivity contribution in [2.75, 3.05) is 7.11 Å². The number of nitrogens with one attached hydrogen (secondary N) is 1. The van der Waals surface area contributed by atoms with Crippen molar-refractivity contribution in [2.24, 2.45) is 11.1 Å². The van der Waals surface area contributed by atoms with Gasteiger partial charge in [-0.05, 0) is 37.2 Å².